The normalized spacial score (nSPS) is 10.4. The van der Waals surface area contributed by atoms with Crippen LogP contribution in [-0.2, 0) is 0 Å². The van der Waals surface area contributed by atoms with Gasteiger partial charge in [-0.05, 0) is 30.2 Å². The van der Waals surface area contributed by atoms with Crippen LogP contribution < -0.4 is 11.2 Å². The summed E-state index contributed by atoms with van der Waals surface area (Å²) in [6.45, 7) is 1.67. The fourth-order valence-electron chi connectivity index (χ4n) is 0.925. The zero-order valence-electron chi connectivity index (χ0n) is 7.71. The summed E-state index contributed by atoms with van der Waals surface area (Å²) < 4.78 is 12.8. The molecule has 0 atom stereocenters. The first kappa shape index (κ1) is 10.2. The standard InChI is InChI=1S/C9H11FN4/c1-6-4-7(2-3-8(6)10)5-13-14-9(11)12/h2-5H,1H3,(H4,11,12,14). The number of nitrogens with one attached hydrogen (secondary N) is 2. The molecule has 5 heteroatoms. The second-order valence-electron chi connectivity index (χ2n) is 2.79. The van der Waals surface area contributed by atoms with Gasteiger partial charge < -0.3 is 5.73 Å². The van der Waals surface area contributed by atoms with E-state index in [0.717, 1.165) is 5.56 Å². The maximum atomic E-state index is 12.8. The first-order chi connectivity index (χ1) is 6.59. The molecule has 0 aliphatic heterocycles. The molecule has 0 unspecified atom stereocenters. The highest BCUT2D eigenvalue weighted by molar-refractivity contribution is 5.82. The number of hydrogen-bond acceptors (Lipinski definition) is 2. The van der Waals surface area contributed by atoms with Crippen LogP contribution in [0.15, 0.2) is 23.3 Å². The van der Waals surface area contributed by atoms with E-state index < -0.39 is 0 Å². The van der Waals surface area contributed by atoms with Gasteiger partial charge in [0.1, 0.15) is 5.82 Å². The van der Waals surface area contributed by atoms with Crippen LogP contribution in [0.5, 0.6) is 0 Å². The second-order valence-corrected chi connectivity index (χ2v) is 2.79. The van der Waals surface area contributed by atoms with Crippen molar-refractivity contribution in [3.8, 4) is 0 Å². The maximum Gasteiger partial charge on any atom is 0.206 e. The van der Waals surface area contributed by atoms with Crippen molar-refractivity contribution in [3.63, 3.8) is 0 Å². The van der Waals surface area contributed by atoms with E-state index in [9.17, 15) is 4.39 Å². The van der Waals surface area contributed by atoms with Crippen molar-refractivity contribution in [1.82, 2.24) is 5.43 Å². The molecule has 4 N–H and O–H groups in total. The van der Waals surface area contributed by atoms with Gasteiger partial charge in [-0.1, -0.05) is 6.07 Å². The van der Waals surface area contributed by atoms with Crippen molar-refractivity contribution >= 4 is 12.2 Å². The monoisotopic (exact) mass is 194 g/mol. The Kier molecular flexibility index (Phi) is 3.17. The summed E-state index contributed by atoms with van der Waals surface area (Å²) in [6.07, 6.45) is 1.47. The van der Waals surface area contributed by atoms with E-state index in [1.54, 1.807) is 19.1 Å². The van der Waals surface area contributed by atoms with Crippen molar-refractivity contribution in [2.24, 2.45) is 10.8 Å². The Balaban J connectivity index is 2.73. The topological polar surface area (TPSA) is 74.3 Å². The number of hydrazone groups is 1. The predicted molar refractivity (Wildman–Crippen MR) is 53.8 cm³/mol. The third kappa shape index (κ3) is 2.85. The molecule has 0 aliphatic carbocycles. The molecule has 0 spiro atoms. The number of guanidine groups is 1. The summed E-state index contributed by atoms with van der Waals surface area (Å²) in [5.74, 6) is -0.484. The Morgan fingerprint density at radius 2 is 2.36 bits per heavy atom. The van der Waals surface area contributed by atoms with E-state index in [4.69, 9.17) is 11.1 Å². The number of nitrogens with zero attached hydrogens (tertiary/aromatic N) is 1. The van der Waals surface area contributed by atoms with Gasteiger partial charge in [0.05, 0.1) is 6.21 Å². The molecule has 0 aliphatic rings. The summed E-state index contributed by atoms with van der Waals surface area (Å²) in [7, 11) is 0. The van der Waals surface area contributed by atoms with Crippen molar-refractivity contribution < 1.29 is 4.39 Å². The molecule has 0 radical (unpaired) electrons. The van der Waals surface area contributed by atoms with Crippen molar-refractivity contribution in [1.29, 1.82) is 5.41 Å². The molecule has 1 aromatic carbocycles. The van der Waals surface area contributed by atoms with Crippen LogP contribution in [-0.4, -0.2) is 12.2 Å². The molecule has 0 saturated carbocycles. The third-order valence-corrected chi connectivity index (χ3v) is 1.58. The molecule has 14 heavy (non-hydrogen) atoms. The van der Waals surface area contributed by atoms with Crippen molar-refractivity contribution in [3.05, 3.63) is 35.1 Å². The van der Waals surface area contributed by atoms with Crippen molar-refractivity contribution in [2.45, 2.75) is 6.92 Å². The number of benzene rings is 1. The van der Waals surface area contributed by atoms with E-state index in [1.807, 2.05) is 0 Å². The molecular weight excluding hydrogens is 183 g/mol. The zero-order chi connectivity index (χ0) is 10.6. The minimum atomic E-state index is -0.248. The molecular formula is C9H11FN4. The summed E-state index contributed by atoms with van der Waals surface area (Å²) in [5, 5.41) is 10.5. The third-order valence-electron chi connectivity index (χ3n) is 1.58. The average Bonchev–Trinajstić information content (AvgIpc) is 2.10. The van der Waals surface area contributed by atoms with Gasteiger partial charge in [0.15, 0.2) is 0 Å². The van der Waals surface area contributed by atoms with Gasteiger partial charge in [-0.25, -0.2) is 9.82 Å². The SMILES string of the molecule is Cc1cc(C=NNC(=N)N)ccc1F. The highest BCUT2D eigenvalue weighted by Gasteiger charge is 1.96. The Hall–Kier alpha value is -1.91. The highest BCUT2D eigenvalue weighted by atomic mass is 19.1. The highest BCUT2D eigenvalue weighted by Crippen LogP contribution is 2.07. The lowest BCUT2D eigenvalue weighted by atomic mass is 10.1. The summed E-state index contributed by atoms with van der Waals surface area (Å²) in [5.41, 5.74) is 8.57. The maximum absolute atomic E-state index is 12.8. The van der Waals surface area contributed by atoms with E-state index >= 15 is 0 Å². The van der Waals surface area contributed by atoms with E-state index in [1.165, 1.54) is 12.3 Å². The molecule has 0 aromatic heterocycles. The van der Waals surface area contributed by atoms with Crippen LogP contribution in [0.1, 0.15) is 11.1 Å². The summed E-state index contributed by atoms with van der Waals surface area (Å²) in [4.78, 5) is 0. The van der Waals surface area contributed by atoms with Gasteiger partial charge in [0, 0.05) is 0 Å². The average molecular weight is 194 g/mol. The van der Waals surface area contributed by atoms with Crippen LogP contribution in [0.3, 0.4) is 0 Å². The van der Waals surface area contributed by atoms with Crippen LogP contribution in [0.2, 0.25) is 0 Å². The first-order valence-electron chi connectivity index (χ1n) is 3.99. The van der Waals surface area contributed by atoms with Crippen LogP contribution >= 0.6 is 0 Å². The fourth-order valence-corrected chi connectivity index (χ4v) is 0.925. The van der Waals surface area contributed by atoms with Gasteiger partial charge in [0.25, 0.3) is 0 Å². The summed E-state index contributed by atoms with van der Waals surface area (Å²) >= 11 is 0. The number of hydrogen-bond donors (Lipinski definition) is 3. The number of rotatable bonds is 2. The summed E-state index contributed by atoms with van der Waals surface area (Å²) in [6, 6.07) is 4.61. The van der Waals surface area contributed by atoms with E-state index in [0.29, 0.717) is 5.56 Å². The van der Waals surface area contributed by atoms with E-state index in [-0.39, 0.29) is 11.8 Å². The molecule has 1 rings (SSSR count). The number of halogens is 1. The minimum absolute atomic E-state index is 0.236. The zero-order valence-corrected chi connectivity index (χ0v) is 7.71. The number of aryl methyl sites for hydroxylation is 1. The van der Waals surface area contributed by atoms with Crippen LogP contribution in [0, 0.1) is 18.2 Å². The van der Waals surface area contributed by atoms with Crippen molar-refractivity contribution in [2.75, 3.05) is 0 Å². The Morgan fingerprint density at radius 1 is 1.64 bits per heavy atom. The Bertz CT molecular complexity index is 373. The molecule has 0 saturated heterocycles. The van der Waals surface area contributed by atoms with Gasteiger partial charge in [0.2, 0.25) is 5.96 Å². The fraction of sp³-hybridized carbons (Fsp3) is 0.111. The van der Waals surface area contributed by atoms with Gasteiger partial charge in [-0.2, -0.15) is 5.10 Å². The lowest BCUT2D eigenvalue weighted by Crippen LogP contribution is -2.25. The molecule has 4 nitrogen and oxygen atoms in total. The van der Waals surface area contributed by atoms with Crippen LogP contribution in [0.25, 0.3) is 0 Å². The largest absolute Gasteiger partial charge is 0.369 e. The lowest BCUT2D eigenvalue weighted by molar-refractivity contribution is 0.618. The van der Waals surface area contributed by atoms with E-state index in [2.05, 4.69) is 10.5 Å². The smallest absolute Gasteiger partial charge is 0.206 e. The molecule has 0 amide bonds. The Morgan fingerprint density at radius 3 is 2.93 bits per heavy atom. The van der Waals surface area contributed by atoms with Gasteiger partial charge >= 0.3 is 0 Å². The van der Waals surface area contributed by atoms with Gasteiger partial charge in [-0.3, -0.25) is 5.41 Å². The molecule has 0 fully saturated rings. The second kappa shape index (κ2) is 4.36. The first-order valence-corrected chi connectivity index (χ1v) is 3.99. The van der Waals surface area contributed by atoms with Crippen LogP contribution in [0.4, 0.5) is 4.39 Å². The predicted octanol–water partition coefficient (Wildman–Crippen LogP) is 0.951. The minimum Gasteiger partial charge on any atom is -0.369 e. The van der Waals surface area contributed by atoms with Gasteiger partial charge in [-0.15, -0.1) is 0 Å². The lowest BCUT2D eigenvalue weighted by Gasteiger charge is -1.98. The molecule has 0 heterocycles. The quantitative estimate of drug-likeness (QED) is 0.372. The molecule has 1 aromatic rings. The molecule has 74 valence electrons. The number of nitrogens with two attached hydrogens (primary N) is 1. The molecule has 0 bridgehead atoms. The Labute approximate surface area is 81.1 Å².